The highest BCUT2D eigenvalue weighted by Crippen LogP contribution is 2.54. The van der Waals surface area contributed by atoms with Crippen molar-refractivity contribution in [2.75, 3.05) is 0 Å². The summed E-state index contributed by atoms with van der Waals surface area (Å²) in [6.45, 7) is 3.76. The second-order valence-corrected chi connectivity index (χ2v) is 17.7. The monoisotopic (exact) mass is 680 g/mol. The molecule has 0 heterocycles. The number of rotatable bonds is 6. The molecule has 7 rings (SSSR count). The van der Waals surface area contributed by atoms with Crippen molar-refractivity contribution in [3.63, 3.8) is 0 Å². The molecule has 0 amide bonds. The Morgan fingerprint density at radius 1 is 0.583 bits per heavy atom. The average Bonchev–Trinajstić information content (AvgIpc) is 3.08. The molecular formula is C40H37FO5S2. The quantitative estimate of drug-likeness (QED) is 0.181. The molecule has 0 aliphatic heterocycles. The first-order valence-corrected chi connectivity index (χ1v) is 19.4. The van der Waals surface area contributed by atoms with Crippen LogP contribution in [0.5, 0.6) is 0 Å². The number of Topliss-reactive ketones (excluding diaryl/α,β-unsaturated/α-hetero) is 1. The van der Waals surface area contributed by atoms with Crippen LogP contribution in [0.1, 0.15) is 53.4 Å². The van der Waals surface area contributed by atoms with Crippen molar-refractivity contribution < 1.29 is 26.0 Å². The van der Waals surface area contributed by atoms with Crippen molar-refractivity contribution in [2.24, 2.45) is 11.8 Å². The molecule has 0 N–H and O–H groups in total. The Morgan fingerprint density at radius 3 is 1.81 bits per heavy atom. The fraction of sp³-hybridized carbons (Fsp3) is 0.275. The number of hydrogen-bond acceptors (Lipinski definition) is 5. The van der Waals surface area contributed by atoms with E-state index in [1.54, 1.807) is 66.7 Å². The summed E-state index contributed by atoms with van der Waals surface area (Å²) in [7, 11) is -8.08. The summed E-state index contributed by atoms with van der Waals surface area (Å²) in [6, 6.07) is 33.0. The topological polar surface area (TPSA) is 85.3 Å². The number of aryl methyl sites for hydroxylation is 2. The minimum absolute atomic E-state index is 0.0164. The number of halogens is 1. The summed E-state index contributed by atoms with van der Waals surface area (Å²) in [5.41, 5.74) is 2.82. The maximum Gasteiger partial charge on any atom is 0.182 e. The van der Waals surface area contributed by atoms with Gasteiger partial charge in [-0.2, -0.15) is 0 Å². The molecule has 0 saturated heterocycles. The highest BCUT2D eigenvalue weighted by molar-refractivity contribution is 7.92. The van der Waals surface area contributed by atoms with Crippen LogP contribution in [0.4, 0.5) is 4.39 Å². The maximum absolute atomic E-state index is 15.5. The molecule has 2 fully saturated rings. The molecule has 2 saturated carbocycles. The fourth-order valence-electron chi connectivity index (χ4n) is 8.26. The van der Waals surface area contributed by atoms with Crippen LogP contribution >= 0.6 is 0 Å². The lowest BCUT2D eigenvalue weighted by molar-refractivity contribution is -0.128. The molecule has 8 heteroatoms. The van der Waals surface area contributed by atoms with Crippen LogP contribution in [0.2, 0.25) is 0 Å². The van der Waals surface area contributed by atoms with E-state index >= 15 is 4.39 Å². The van der Waals surface area contributed by atoms with Crippen molar-refractivity contribution >= 4 is 36.2 Å². The standard InChI is InChI=1S/C40H37FO5S2/c1-25-14-18-28(19-15-25)47(43,44)39-24-33-35(22-34(39)31-12-7-9-27-8-3-4-10-30(27)31)40(48(45,46)29-20-16-26(2)17-21-29)36(23-38(33)42)32-11-5-6-13-37(32)41/h3-21,33-36,39-40H,22-24H2,1-2H3/t33-,34?,35?,36?,39?,40?/m1/s1. The van der Waals surface area contributed by atoms with E-state index in [0.29, 0.717) is 0 Å². The van der Waals surface area contributed by atoms with Gasteiger partial charge in [0.2, 0.25) is 0 Å². The fourth-order valence-corrected chi connectivity index (χ4v) is 12.5. The number of fused-ring (bicyclic) bond motifs is 2. The SMILES string of the molecule is Cc1ccc(S(=O)(=O)C2C[C@H]3C(=O)CC(c4ccccc4F)C(S(=O)(=O)c4ccc(C)cc4)C3CC2c2cccc3ccccc23)cc1. The Labute approximate surface area is 281 Å². The van der Waals surface area contributed by atoms with Crippen LogP contribution in [0.3, 0.4) is 0 Å². The van der Waals surface area contributed by atoms with Gasteiger partial charge in [0.25, 0.3) is 0 Å². The second-order valence-electron chi connectivity index (χ2n) is 13.4. The largest absolute Gasteiger partial charge is 0.299 e. The Kier molecular flexibility index (Phi) is 8.36. The van der Waals surface area contributed by atoms with Gasteiger partial charge in [-0.1, -0.05) is 96.1 Å². The molecule has 5 unspecified atom stereocenters. The van der Waals surface area contributed by atoms with Gasteiger partial charge in [0, 0.05) is 24.2 Å². The third kappa shape index (κ3) is 5.59. The van der Waals surface area contributed by atoms with Crippen LogP contribution < -0.4 is 0 Å². The Morgan fingerprint density at radius 2 is 1.15 bits per heavy atom. The lowest BCUT2D eigenvalue weighted by Crippen LogP contribution is -2.53. The molecule has 48 heavy (non-hydrogen) atoms. The second kappa shape index (κ2) is 12.4. The van der Waals surface area contributed by atoms with Crippen molar-refractivity contribution in [2.45, 2.75) is 65.2 Å². The summed E-state index contributed by atoms with van der Waals surface area (Å²) in [4.78, 5) is 14.5. The third-order valence-electron chi connectivity index (χ3n) is 10.6. The Bertz CT molecular complexity index is 2220. The van der Waals surface area contributed by atoms with Crippen molar-refractivity contribution in [3.05, 3.63) is 143 Å². The summed E-state index contributed by atoms with van der Waals surface area (Å²) in [5.74, 6) is -3.88. The zero-order chi connectivity index (χ0) is 33.8. The van der Waals surface area contributed by atoms with E-state index in [4.69, 9.17) is 0 Å². The summed E-state index contributed by atoms with van der Waals surface area (Å²) < 4.78 is 74.3. The van der Waals surface area contributed by atoms with E-state index in [1.807, 2.05) is 56.3 Å². The van der Waals surface area contributed by atoms with Crippen molar-refractivity contribution in [3.8, 4) is 0 Å². The van der Waals surface area contributed by atoms with Gasteiger partial charge in [-0.15, -0.1) is 0 Å². The van der Waals surface area contributed by atoms with Gasteiger partial charge in [-0.05, 0) is 84.8 Å². The van der Waals surface area contributed by atoms with Gasteiger partial charge in [0.05, 0.1) is 20.3 Å². The summed E-state index contributed by atoms with van der Waals surface area (Å²) in [5, 5.41) is -0.279. The highest BCUT2D eigenvalue weighted by Gasteiger charge is 2.57. The first-order valence-electron chi connectivity index (χ1n) is 16.3. The maximum atomic E-state index is 15.5. The molecule has 2 aliphatic carbocycles. The minimum Gasteiger partial charge on any atom is -0.299 e. The molecule has 0 aromatic heterocycles. The lowest BCUT2D eigenvalue weighted by Gasteiger charge is -2.48. The van der Waals surface area contributed by atoms with Gasteiger partial charge in [0.1, 0.15) is 11.6 Å². The van der Waals surface area contributed by atoms with E-state index < -0.39 is 59.7 Å². The number of carbonyl (C=O) groups is 1. The molecule has 5 nitrogen and oxygen atoms in total. The molecule has 0 spiro atoms. The number of benzene rings is 5. The molecule has 0 radical (unpaired) electrons. The number of carbonyl (C=O) groups excluding carboxylic acids is 1. The smallest absolute Gasteiger partial charge is 0.182 e. The molecule has 6 atom stereocenters. The number of sulfone groups is 2. The summed E-state index contributed by atoms with van der Waals surface area (Å²) in [6.07, 6.45) is -0.0630. The molecule has 0 bridgehead atoms. The summed E-state index contributed by atoms with van der Waals surface area (Å²) >= 11 is 0. The number of hydrogen-bond donors (Lipinski definition) is 0. The van der Waals surface area contributed by atoms with E-state index in [2.05, 4.69) is 0 Å². The van der Waals surface area contributed by atoms with Gasteiger partial charge >= 0.3 is 0 Å². The third-order valence-corrected chi connectivity index (χ3v) is 15.2. The van der Waals surface area contributed by atoms with E-state index in [0.717, 1.165) is 27.5 Å². The zero-order valence-electron chi connectivity index (χ0n) is 26.8. The molecule has 246 valence electrons. The van der Waals surface area contributed by atoms with E-state index in [1.165, 1.54) is 6.07 Å². The molecular weight excluding hydrogens is 644 g/mol. The Balaban J connectivity index is 1.43. The number of ketones is 1. The predicted octanol–water partition coefficient (Wildman–Crippen LogP) is 8.15. The zero-order valence-corrected chi connectivity index (χ0v) is 28.4. The first kappa shape index (κ1) is 32.4. The van der Waals surface area contributed by atoms with Crippen molar-refractivity contribution in [1.29, 1.82) is 0 Å². The highest BCUT2D eigenvalue weighted by atomic mass is 32.2. The van der Waals surface area contributed by atoms with Gasteiger partial charge < -0.3 is 0 Å². The van der Waals surface area contributed by atoms with Gasteiger partial charge in [-0.3, -0.25) is 4.79 Å². The Hall–Kier alpha value is -4.14. The predicted molar refractivity (Wildman–Crippen MR) is 186 cm³/mol. The van der Waals surface area contributed by atoms with Gasteiger partial charge in [-0.25, -0.2) is 21.2 Å². The van der Waals surface area contributed by atoms with Crippen LogP contribution in [-0.2, 0) is 24.5 Å². The minimum atomic E-state index is -4.11. The van der Waals surface area contributed by atoms with Crippen LogP contribution in [-0.4, -0.2) is 33.1 Å². The van der Waals surface area contributed by atoms with Crippen LogP contribution in [0.15, 0.2) is 125 Å². The normalized spacial score (nSPS) is 24.7. The molecule has 5 aromatic carbocycles. The lowest BCUT2D eigenvalue weighted by atomic mass is 9.61. The van der Waals surface area contributed by atoms with E-state index in [-0.39, 0.29) is 40.4 Å². The van der Waals surface area contributed by atoms with Gasteiger partial charge in [0.15, 0.2) is 19.7 Å². The average molecular weight is 681 g/mol. The molecule has 2 aliphatic rings. The van der Waals surface area contributed by atoms with Crippen LogP contribution in [0.25, 0.3) is 10.8 Å². The van der Waals surface area contributed by atoms with E-state index in [9.17, 15) is 21.6 Å². The first-order chi connectivity index (χ1) is 23.0. The molecule has 5 aromatic rings. The van der Waals surface area contributed by atoms with Crippen molar-refractivity contribution in [1.82, 2.24) is 0 Å². The van der Waals surface area contributed by atoms with Crippen LogP contribution in [0, 0.1) is 31.5 Å².